The van der Waals surface area contributed by atoms with E-state index in [-0.39, 0.29) is 5.91 Å². The molecule has 0 bridgehead atoms. The first-order valence-corrected chi connectivity index (χ1v) is 7.66. The maximum atomic E-state index is 11.7. The topological polar surface area (TPSA) is 50.4 Å². The second kappa shape index (κ2) is 6.98. The normalized spacial score (nSPS) is 13.5. The van der Waals surface area contributed by atoms with Crippen LogP contribution in [0.15, 0.2) is 54.6 Å². The summed E-state index contributed by atoms with van der Waals surface area (Å²) >= 11 is 0. The summed E-state index contributed by atoms with van der Waals surface area (Å²) in [7, 11) is 0. The van der Waals surface area contributed by atoms with E-state index in [1.807, 2.05) is 54.6 Å². The minimum Gasteiger partial charge on any atom is -0.455 e. The van der Waals surface area contributed by atoms with E-state index in [1.165, 1.54) is 0 Å². The first-order valence-electron chi connectivity index (χ1n) is 7.66. The van der Waals surface area contributed by atoms with Gasteiger partial charge in [-0.3, -0.25) is 4.79 Å². The maximum Gasteiger partial charge on any atom is 0.221 e. The van der Waals surface area contributed by atoms with E-state index < -0.39 is 0 Å². The number of para-hydroxylation sites is 3. The van der Waals surface area contributed by atoms with Gasteiger partial charge < -0.3 is 15.4 Å². The van der Waals surface area contributed by atoms with Crippen LogP contribution in [0.25, 0.3) is 0 Å². The highest BCUT2D eigenvalue weighted by Crippen LogP contribution is 2.29. The van der Waals surface area contributed by atoms with Crippen LogP contribution in [0.1, 0.15) is 19.3 Å². The molecule has 1 amide bonds. The predicted octanol–water partition coefficient (Wildman–Crippen LogP) is 3.56. The minimum atomic E-state index is 0.108. The van der Waals surface area contributed by atoms with Crippen molar-refractivity contribution in [2.75, 3.05) is 11.9 Å². The fourth-order valence-corrected chi connectivity index (χ4v) is 2.16. The number of hydrogen-bond donors (Lipinski definition) is 2. The van der Waals surface area contributed by atoms with Gasteiger partial charge in [-0.05, 0) is 37.1 Å². The van der Waals surface area contributed by atoms with Crippen molar-refractivity contribution in [2.24, 2.45) is 0 Å². The Labute approximate surface area is 130 Å². The second-order valence-corrected chi connectivity index (χ2v) is 5.43. The molecule has 0 aliphatic heterocycles. The molecule has 4 heteroatoms. The molecule has 1 aliphatic rings. The maximum absolute atomic E-state index is 11.7. The number of rotatable bonds is 7. The molecule has 1 aliphatic carbocycles. The summed E-state index contributed by atoms with van der Waals surface area (Å²) in [6.45, 7) is 0.591. The zero-order valence-electron chi connectivity index (χ0n) is 12.4. The smallest absolute Gasteiger partial charge is 0.221 e. The van der Waals surface area contributed by atoms with Crippen molar-refractivity contribution in [3.05, 3.63) is 54.6 Å². The molecule has 3 rings (SSSR count). The molecule has 4 nitrogen and oxygen atoms in total. The Kier molecular flexibility index (Phi) is 4.59. The van der Waals surface area contributed by atoms with Crippen LogP contribution in [0, 0.1) is 0 Å². The standard InChI is InChI=1S/C18H20N2O2/c21-18(20-14-10-11-14)12-13-19-16-8-4-5-9-17(16)22-15-6-2-1-3-7-15/h1-9,14,19H,10-13H2,(H,20,21). The van der Waals surface area contributed by atoms with Gasteiger partial charge in [0.1, 0.15) is 5.75 Å². The summed E-state index contributed by atoms with van der Waals surface area (Å²) in [5.74, 6) is 1.66. The molecule has 2 aromatic carbocycles. The Morgan fingerprint density at radius 3 is 2.55 bits per heavy atom. The molecule has 0 spiro atoms. The molecule has 2 N–H and O–H groups in total. The molecule has 0 unspecified atom stereocenters. The zero-order chi connectivity index (χ0) is 15.2. The van der Waals surface area contributed by atoms with Crippen LogP contribution in [0.2, 0.25) is 0 Å². The Balaban J connectivity index is 1.55. The lowest BCUT2D eigenvalue weighted by Gasteiger charge is -2.13. The highest BCUT2D eigenvalue weighted by atomic mass is 16.5. The van der Waals surface area contributed by atoms with Crippen molar-refractivity contribution in [2.45, 2.75) is 25.3 Å². The number of hydrogen-bond acceptors (Lipinski definition) is 3. The quantitative estimate of drug-likeness (QED) is 0.821. The lowest BCUT2D eigenvalue weighted by molar-refractivity contribution is -0.120. The molecule has 0 heterocycles. The highest BCUT2D eigenvalue weighted by Gasteiger charge is 2.22. The Morgan fingerprint density at radius 1 is 1.05 bits per heavy atom. The van der Waals surface area contributed by atoms with Gasteiger partial charge in [0, 0.05) is 19.0 Å². The van der Waals surface area contributed by atoms with Gasteiger partial charge in [0.25, 0.3) is 0 Å². The predicted molar refractivity (Wildman–Crippen MR) is 87.2 cm³/mol. The van der Waals surface area contributed by atoms with Crippen molar-refractivity contribution in [3.8, 4) is 11.5 Å². The SMILES string of the molecule is O=C(CCNc1ccccc1Oc1ccccc1)NC1CC1. The third kappa shape index (κ3) is 4.25. The number of anilines is 1. The third-order valence-corrected chi connectivity index (χ3v) is 3.47. The van der Waals surface area contributed by atoms with E-state index >= 15 is 0 Å². The molecular formula is C18H20N2O2. The molecule has 2 aromatic rings. The van der Waals surface area contributed by atoms with Crippen LogP contribution in [0.3, 0.4) is 0 Å². The van der Waals surface area contributed by atoms with Crippen LogP contribution in [0.5, 0.6) is 11.5 Å². The van der Waals surface area contributed by atoms with Crippen LogP contribution < -0.4 is 15.4 Å². The number of carbonyl (C=O) groups excluding carboxylic acids is 1. The Morgan fingerprint density at radius 2 is 1.77 bits per heavy atom. The van der Waals surface area contributed by atoms with Gasteiger partial charge in [-0.25, -0.2) is 0 Å². The lowest BCUT2D eigenvalue weighted by Crippen LogP contribution is -2.27. The van der Waals surface area contributed by atoms with Crippen molar-refractivity contribution in [1.29, 1.82) is 0 Å². The average molecular weight is 296 g/mol. The zero-order valence-corrected chi connectivity index (χ0v) is 12.4. The number of ether oxygens (including phenoxy) is 1. The Bertz CT molecular complexity index is 624. The molecule has 114 valence electrons. The van der Waals surface area contributed by atoms with E-state index in [0.29, 0.717) is 19.0 Å². The average Bonchev–Trinajstić information content (AvgIpc) is 3.34. The monoisotopic (exact) mass is 296 g/mol. The van der Waals surface area contributed by atoms with E-state index in [9.17, 15) is 4.79 Å². The summed E-state index contributed by atoms with van der Waals surface area (Å²) in [6.07, 6.45) is 2.70. The Hall–Kier alpha value is -2.49. The highest BCUT2D eigenvalue weighted by molar-refractivity contribution is 5.77. The van der Waals surface area contributed by atoms with E-state index in [4.69, 9.17) is 4.74 Å². The molecule has 1 fully saturated rings. The van der Waals surface area contributed by atoms with Gasteiger partial charge in [-0.15, -0.1) is 0 Å². The molecule has 1 saturated carbocycles. The van der Waals surface area contributed by atoms with Crippen molar-refractivity contribution < 1.29 is 9.53 Å². The van der Waals surface area contributed by atoms with Crippen molar-refractivity contribution in [1.82, 2.24) is 5.32 Å². The van der Waals surface area contributed by atoms with Crippen LogP contribution in [-0.4, -0.2) is 18.5 Å². The largest absolute Gasteiger partial charge is 0.455 e. The third-order valence-electron chi connectivity index (χ3n) is 3.47. The molecule has 0 atom stereocenters. The lowest BCUT2D eigenvalue weighted by atomic mass is 10.2. The molecule has 22 heavy (non-hydrogen) atoms. The molecule has 0 radical (unpaired) electrons. The van der Waals surface area contributed by atoms with E-state index in [2.05, 4.69) is 10.6 Å². The number of nitrogens with one attached hydrogen (secondary N) is 2. The van der Waals surface area contributed by atoms with Crippen LogP contribution >= 0.6 is 0 Å². The molecule has 0 aromatic heterocycles. The van der Waals surface area contributed by atoms with Crippen molar-refractivity contribution in [3.63, 3.8) is 0 Å². The van der Waals surface area contributed by atoms with Gasteiger partial charge in [0.05, 0.1) is 5.69 Å². The van der Waals surface area contributed by atoms with Gasteiger partial charge in [0.15, 0.2) is 5.75 Å². The summed E-state index contributed by atoms with van der Waals surface area (Å²) in [6, 6.07) is 17.8. The van der Waals surface area contributed by atoms with Gasteiger partial charge in [-0.1, -0.05) is 30.3 Å². The minimum absolute atomic E-state index is 0.108. The summed E-state index contributed by atoms with van der Waals surface area (Å²) in [5, 5.41) is 6.26. The number of amides is 1. The molecule has 0 saturated heterocycles. The van der Waals surface area contributed by atoms with Gasteiger partial charge in [0.2, 0.25) is 5.91 Å². The number of carbonyl (C=O) groups is 1. The second-order valence-electron chi connectivity index (χ2n) is 5.43. The fourth-order valence-electron chi connectivity index (χ4n) is 2.16. The van der Waals surface area contributed by atoms with Gasteiger partial charge in [-0.2, -0.15) is 0 Å². The van der Waals surface area contributed by atoms with E-state index in [0.717, 1.165) is 30.0 Å². The van der Waals surface area contributed by atoms with Crippen LogP contribution in [-0.2, 0) is 4.79 Å². The summed E-state index contributed by atoms with van der Waals surface area (Å²) < 4.78 is 5.88. The molecular weight excluding hydrogens is 276 g/mol. The van der Waals surface area contributed by atoms with Gasteiger partial charge >= 0.3 is 0 Å². The van der Waals surface area contributed by atoms with E-state index in [1.54, 1.807) is 0 Å². The van der Waals surface area contributed by atoms with Crippen molar-refractivity contribution >= 4 is 11.6 Å². The fraction of sp³-hybridized carbons (Fsp3) is 0.278. The summed E-state index contributed by atoms with van der Waals surface area (Å²) in [5.41, 5.74) is 0.894. The first-order chi connectivity index (χ1) is 10.8. The number of benzene rings is 2. The van der Waals surface area contributed by atoms with Crippen LogP contribution in [0.4, 0.5) is 5.69 Å². The first kappa shape index (κ1) is 14.4. The summed E-state index contributed by atoms with van der Waals surface area (Å²) in [4.78, 5) is 11.7.